The number of rotatable bonds is 8. The molecule has 5 rings (SSSR count). The third-order valence-corrected chi connectivity index (χ3v) is 8.43. The zero-order chi connectivity index (χ0) is 28.3. The molecule has 3 aromatic rings. The summed E-state index contributed by atoms with van der Waals surface area (Å²) in [5.74, 6) is 0.837. The molecule has 0 saturated carbocycles. The third kappa shape index (κ3) is 6.46. The highest BCUT2D eigenvalue weighted by molar-refractivity contribution is 7.98. The summed E-state index contributed by atoms with van der Waals surface area (Å²) in [4.78, 5) is 27.8. The molecule has 2 aliphatic rings. The molecular weight excluding hydrogens is 539 g/mol. The van der Waals surface area contributed by atoms with Crippen molar-refractivity contribution in [2.24, 2.45) is 0 Å². The Balaban J connectivity index is 1.16. The number of carbonyl (C=O) groups excluding carboxylic acids is 2. The molecule has 210 valence electrons. The highest BCUT2D eigenvalue weighted by Gasteiger charge is 2.44. The Hall–Kier alpha value is -3.46. The molecule has 3 aromatic carbocycles. The van der Waals surface area contributed by atoms with Gasteiger partial charge in [0.05, 0.1) is 17.7 Å². The number of alkyl halides is 3. The maximum absolute atomic E-state index is 13.4. The Morgan fingerprint density at radius 2 is 1.57 bits per heavy atom. The van der Waals surface area contributed by atoms with Gasteiger partial charge in [0.1, 0.15) is 11.9 Å². The van der Waals surface area contributed by atoms with Gasteiger partial charge in [-0.2, -0.15) is 13.2 Å². The molecule has 0 aromatic heterocycles. The predicted molar refractivity (Wildman–Crippen MR) is 146 cm³/mol. The molecule has 2 atom stereocenters. The van der Waals surface area contributed by atoms with Crippen LogP contribution in [0.25, 0.3) is 0 Å². The van der Waals surface area contributed by atoms with Crippen LogP contribution in [0.2, 0.25) is 0 Å². The van der Waals surface area contributed by atoms with Gasteiger partial charge in [-0.25, -0.2) is 4.79 Å². The van der Waals surface area contributed by atoms with Crippen LogP contribution in [0.3, 0.4) is 0 Å². The number of thioether (sulfide) groups is 1. The van der Waals surface area contributed by atoms with Crippen LogP contribution in [0.4, 0.5) is 13.2 Å². The number of hydrogen-bond donors (Lipinski definition) is 0. The molecule has 0 radical (unpaired) electrons. The molecule has 2 aliphatic heterocycles. The molecule has 2 bridgehead atoms. The molecule has 9 heteroatoms. The predicted octanol–water partition coefficient (Wildman–Crippen LogP) is 7.39. The van der Waals surface area contributed by atoms with Crippen molar-refractivity contribution in [3.8, 4) is 5.75 Å². The minimum atomic E-state index is -4.37. The molecule has 1 amide bonds. The van der Waals surface area contributed by atoms with Gasteiger partial charge in [0.25, 0.3) is 5.91 Å². The normalized spacial score (nSPS) is 20.3. The second-order valence-electron chi connectivity index (χ2n) is 10.1. The number of piperidine rings is 1. The number of benzene rings is 3. The zero-order valence-corrected chi connectivity index (χ0v) is 22.8. The van der Waals surface area contributed by atoms with Crippen molar-refractivity contribution in [2.45, 2.75) is 67.6 Å². The lowest BCUT2D eigenvalue weighted by Crippen LogP contribution is -2.49. The molecule has 0 spiro atoms. The van der Waals surface area contributed by atoms with Crippen molar-refractivity contribution in [3.05, 3.63) is 95.1 Å². The first kappa shape index (κ1) is 28.1. The van der Waals surface area contributed by atoms with Crippen molar-refractivity contribution in [1.82, 2.24) is 4.90 Å². The molecule has 40 heavy (non-hydrogen) atoms. The SMILES string of the molecule is CCOC(=O)c1ccc(OC2CC3CCC(C2)N3C(=O)c2ccc(CSc3cccc(C(F)(F)F)c3)cc2)cc1. The average Bonchev–Trinajstić information content (AvgIpc) is 3.22. The summed E-state index contributed by atoms with van der Waals surface area (Å²) in [6.07, 6.45) is -1.02. The molecule has 2 unspecified atom stereocenters. The van der Waals surface area contributed by atoms with Crippen LogP contribution in [0.15, 0.2) is 77.7 Å². The number of esters is 1. The summed E-state index contributed by atoms with van der Waals surface area (Å²) in [6.45, 7) is 2.09. The van der Waals surface area contributed by atoms with Gasteiger partial charge in [0.15, 0.2) is 0 Å². The number of carbonyl (C=O) groups is 2. The standard InChI is InChI=1S/C31H30F3NO4S/c1-2-38-30(37)22-10-14-26(15-11-22)39-27-17-24-12-13-25(18-27)35(24)29(36)21-8-6-20(7-9-21)19-40-28-5-3-4-23(16-28)31(32,33)34/h3-11,14-16,24-25,27H,2,12-13,17-19H2,1H3. The topological polar surface area (TPSA) is 55.8 Å². The van der Waals surface area contributed by atoms with E-state index in [1.807, 2.05) is 17.0 Å². The fourth-order valence-corrected chi connectivity index (χ4v) is 6.36. The monoisotopic (exact) mass is 569 g/mol. The summed E-state index contributed by atoms with van der Waals surface area (Å²) in [6, 6.07) is 19.8. The van der Waals surface area contributed by atoms with E-state index in [9.17, 15) is 22.8 Å². The van der Waals surface area contributed by atoms with Crippen LogP contribution >= 0.6 is 11.8 Å². The van der Waals surface area contributed by atoms with E-state index >= 15 is 0 Å². The molecule has 2 fully saturated rings. The molecule has 5 nitrogen and oxygen atoms in total. The van der Waals surface area contributed by atoms with Gasteiger partial charge in [0, 0.05) is 41.1 Å². The Bertz CT molecular complexity index is 1330. The summed E-state index contributed by atoms with van der Waals surface area (Å²) < 4.78 is 50.2. The lowest BCUT2D eigenvalue weighted by Gasteiger charge is -2.39. The number of ether oxygens (including phenoxy) is 2. The van der Waals surface area contributed by atoms with Gasteiger partial charge in [-0.3, -0.25) is 4.79 Å². The lowest BCUT2D eigenvalue weighted by atomic mass is 9.98. The summed E-state index contributed by atoms with van der Waals surface area (Å²) in [7, 11) is 0. The van der Waals surface area contributed by atoms with Crippen LogP contribution in [0.1, 0.15) is 64.4 Å². The maximum atomic E-state index is 13.4. The molecule has 2 heterocycles. The van der Waals surface area contributed by atoms with Crippen molar-refractivity contribution < 1.29 is 32.2 Å². The van der Waals surface area contributed by atoms with E-state index in [-0.39, 0.29) is 30.1 Å². The van der Waals surface area contributed by atoms with E-state index < -0.39 is 11.7 Å². The van der Waals surface area contributed by atoms with Gasteiger partial charge in [-0.15, -0.1) is 11.8 Å². The summed E-state index contributed by atoms with van der Waals surface area (Å²) in [5, 5.41) is 0. The van der Waals surface area contributed by atoms with Crippen molar-refractivity contribution in [2.75, 3.05) is 6.61 Å². The number of hydrogen-bond acceptors (Lipinski definition) is 5. The van der Waals surface area contributed by atoms with Crippen LogP contribution < -0.4 is 4.74 Å². The quantitative estimate of drug-likeness (QED) is 0.209. The van der Waals surface area contributed by atoms with Crippen LogP contribution in [0.5, 0.6) is 5.75 Å². The van der Waals surface area contributed by atoms with Crippen LogP contribution in [-0.2, 0) is 16.7 Å². The van der Waals surface area contributed by atoms with Crippen LogP contribution in [0, 0.1) is 0 Å². The number of nitrogens with zero attached hydrogens (tertiary/aromatic N) is 1. The van der Waals surface area contributed by atoms with Gasteiger partial charge >= 0.3 is 12.1 Å². The van der Waals surface area contributed by atoms with E-state index in [0.717, 1.165) is 43.4 Å². The molecule has 0 aliphatic carbocycles. The zero-order valence-electron chi connectivity index (χ0n) is 22.0. The fraction of sp³-hybridized carbons (Fsp3) is 0.355. The van der Waals surface area contributed by atoms with E-state index in [1.165, 1.54) is 17.8 Å². The Morgan fingerprint density at radius 3 is 2.20 bits per heavy atom. The van der Waals surface area contributed by atoms with Gasteiger partial charge in [0.2, 0.25) is 0 Å². The van der Waals surface area contributed by atoms with E-state index in [4.69, 9.17) is 9.47 Å². The van der Waals surface area contributed by atoms with Crippen molar-refractivity contribution in [3.63, 3.8) is 0 Å². The fourth-order valence-electron chi connectivity index (χ4n) is 5.45. The second-order valence-corrected chi connectivity index (χ2v) is 11.1. The van der Waals surface area contributed by atoms with Gasteiger partial charge in [-0.05, 0) is 79.9 Å². The molecule has 0 N–H and O–H groups in total. The first-order valence-electron chi connectivity index (χ1n) is 13.4. The van der Waals surface area contributed by atoms with Crippen LogP contribution in [-0.4, -0.2) is 41.6 Å². The summed E-state index contributed by atoms with van der Waals surface area (Å²) >= 11 is 1.33. The van der Waals surface area contributed by atoms with Crippen molar-refractivity contribution in [1.29, 1.82) is 0 Å². The summed E-state index contributed by atoms with van der Waals surface area (Å²) in [5.41, 5.74) is 1.37. The van der Waals surface area contributed by atoms with Gasteiger partial charge < -0.3 is 14.4 Å². The van der Waals surface area contributed by atoms with E-state index in [0.29, 0.717) is 34.1 Å². The number of halogens is 3. The first-order chi connectivity index (χ1) is 19.2. The maximum Gasteiger partial charge on any atom is 0.416 e. The van der Waals surface area contributed by atoms with E-state index in [2.05, 4.69) is 0 Å². The highest BCUT2D eigenvalue weighted by Crippen LogP contribution is 2.38. The Kier molecular flexibility index (Phi) is 8.40. The Morgan fingerprint density at radius 1 is 0.925 bits per heavy atom. The first-order valence-corrected chi connectivity index (χ1v) is 14.4. The molecular formula is C31H30F3NO4S. The second kappa shape index (κ2) is 12.0. The molecule has 2 saturated heterocycles. The smallest absolute Gasteiger partial charge is 0.416 e. The lowest BCUT2D eigenvalue weighted by molar-refractivity contribution is -0.137. The Labute approximate surface area is 235 Å². The van der Waals surface area contributed by atoms with Crippen molar-refractivity contribution >= 4 is 23.6 Å². The highest BCUT2D eigenvalue weighted by atomic mass is 32.2. The largest absolute Gasteiger partial charge is 0.490 e. The minimum absolute atomic E-state index is 0.00169. The number of fused-ring (bicyclic) bond motifs is 2. The number of amides is 1. The average molecular weight is 570 g/mol. The minimum Gasteiger partial charge on any atom is -0.490 e. The third-order valence-electron chi connectivity index (χ3n) is 7.36. The van der Waals surface area contributed by atoms with E-state index in [1.54, 1.807) is 49.4 Å². The van der Waals surface area contributed by atoms with Gasteiger partial charge in [-0.1, -0.05) is 18.2 Å².